The molecule has 1 N–H and O–H groups in total. The first kappa shape index (κ1) is 29.1. The Bertz CT molecular complexity index is 1450. The molecule has 2 aliphatic rings. The molecule has 0 bridgehead atoms. The number of nitriles is 1. The minimum absolute atomic E-state index is 0.00604. The maximum absolute atomic E-state index is 14.8. The Hall–Kier alpha value is -3.86. The summed E-state index contributed by atoms with van der Waals surface area (Å²) >= 11 is 5.52. The molecule has 0 radical (unpaired) electrons. The molecule has 2 heterocycles. The van der Waals surface area contributed by atoms with Gasteiger partial charge in [-0.3, -0.25) is 9.59 Å². The molecule has 0 aromatic heterocycles. The number of benzene rings is 2. The molecule has 0 spiro atoms. The molecule has 1 unspecified atom stereocenters. The molecule has 212 valence electrons. The highest BCUT2D eigenvalue weighted by molar-refractivity contribution is 6.30. The number of alkyl halides is 6. The maximum atomic E-state index is 14.8. The molecule has 4 rings (SSSR count). The number of carbonyl (C=O) groups excluding carboxylic acids is 2. The van der Waals surface area contributed by atoms with Crippen molar-refractivity contribution in [2.75, 3.05) is 13.1 Å². The molecular weight excluding hydrogens is 573 g/mol. The number of oxime groups is 1. The quantitative estimate of drug-likeness (QED) is 0.381. The number of rotatable bonds is 5. The number of halogens is 8. The van der Waals surface area contributed by atoms with Crippen LogP contribution in [0.3, 0.4) is 0 Å². The van der Waals surface area contributed by atoms with E-state index in [0.717, 1.165) is 0 Å². The second kappa shape index (κ2) is 10.3. The Morgan fingerprint density at radius 1 is 1.25 bits per heavy atom. The Morgan fingerprint density at radius 3 is 2.55 bits per heavy atom. The van der Waals surface area contributed by atoms with Crippen LogP contribution in [-0.2, 0) is 21.4 Å². The number of aryl methyl sites for hydroxylation is 1. The number of hydrogen-bond donors (Lipinski definition) is 1. The molecular formula is C25H18ClF7N4O3. The van der Waals surface area contributed by atoms with Crippen LogP contribution >= 0.6 is 11.6 Å². The van der Waals surface area contributed by atoms with Gasteiger partial charge >= 0.3 is 12.4 Å². The van der Waals surface area contributed by atoms with Gasteiger partial charge in [-0.1, -0.05) is 22.8 Å². The standard InChI is InChI=1S/C25H18ClF7N4O3/c1-12-8-13(2-3-15(12)21(38)35-18-4-6-37(7-5-34)22(18)39)19-11-23(40-36-19,25(31,32)33)16-9-14(24(28,29)30)10-17(26)20(16)27/h2-3,8-10,18H,4,6-7,11H2,1H3,(H,35,38)/t18-,23?/m0/s1. The number of carbonyl (C=O) groups is 2. The van der Waals surface area contributed by atoms with Crippen molar-refractivity contribution in [1.82, 2.24) is 10.2 Å². The number of nitrogens with one attached hydrogen (secondary N) is 1. The van der Waals surface area contributed by atoms with Crippen molar-refractivity contribution in [3.8, 4) is 6.07 Å². The Kier molecular flexibility index (Phi) is 7.48. The molecule has 7 nitrogen and oxygen atoms in total. The van der Waals surface area contributed by atoms with Crippen molar-refractivity contribution >= 4 is 29.1 Å². The summed E-state index contributed by atoms with van der Waals surface area (Å²) in [5.41, 5.74) is -6.63. The van der Waals surface area contributed by atoms with E-state index in [0.29, 0.717) is 0 Å². The largest absolute Gasteiger partial charge is 0.435 e. The van der Waals surface area contributed by atoms with Gasteiger partial charge in [-0.25, -0.2) is 4.39 Å². The first-order valence-corrected chi connectivity index (χ1v) is 11.9. The summed E-state index contributed by atoms with van der Waals surface area (Å²) in [5.74, 6) is -2.80. The third kappa shape index (κ3) is 5.17. The summed E-state index contributed by atoms with van der Waals surface area (Å²) in [6.45, 7) is 1.63. The molecule has 2 aromatic carbocycles. The number of amides is 2. The van der Waals surface area contributed by atoms with Crippen LogP contribution < -0.4 is 5.32 Å². The van der Waals surface area contributed by atoms with Gasteiger partial charge in [0.15, 0.2) is 0 Å². The lowest BCUT2D eigenvalue weighted by Gasteiger charge is -2.30. The molecule has 15 heteroatoms. The lowest BCUT2D eigenvalue weighted by Crippen LogP contribution is -2.43. The molecule has 0 aliphatic carbocycles. The van der Waals surface area contributed by atoms with E-state index in [1.807, 2.05) is 6.07 Å². The van der Waals surface area contributed by atoms with Gasteiger partial charge in [-0.2, -0.15) is 31.6 Å². The fourth-order valence-corrected chi connectivity index (χ4v) is 4.75. The van der Waals surface area contributed by atoms with E-state index in [2.05, 4.69) is 15.3 Å². The highest BCUT2D eigenvalue weighted by Gasteiger charge is 2.64. The van der Waals surface area contributed by atoms with E-state index in [1.54, 1.807) is 0 Å². The van der Waals surface area contributed by atoms with E-state index in [9.17, 15) is 40.3 Å². The van der Waals surface area contributed by atoms with Crippen LogP contribution in [0.4, 0.5) is 30.7 Å². The summed E-state index contributed by atoms with van der Waals surface area (Å²) < 4.78 is 97.5. The fourth-order valence-electron chi connectivity index (χ4n) is 4.53. The number of nitrogens with zero attached hydrogens (tertiary/aromatic N) is 3. The summed E-state index contributed by atoms with van der Waals surface area (Å²) in [4.78, 5) is 31.0. The molecule has 2 aromatic rings. The molecule has 2 amide bonds. The molecule has 1 saturated heterocycles. The monoisotopic (exact) mass is 590 g/mol. The van der Waals surface area contributed by atoms with E-state index >= 15 is 0 Å². The van der Waals surface area contributed by atoms with E-state index < -0.39 is 64.2 Å². The lowest BCUT2D eigenvalue weighted by molar-refractivity contribution is -0.276. The van der Waals surface area contributed by atoms with Gasteiger partial charge in [-0.05, 0) is 48.7 Å². The highest BCUT2D eigenvalue weighted by atomic mass is 35.5. The van der Waals surface area contributed by atoms with Gasteiger partial charge < -0.3 is 15.1 Å². The minimum Gasteiger partial charge on any atom is -0.374 e. The van der Waals surface area contributed by atoms with Crippen LogP contribution in [0, 0.1) is 24.1 Å². The first-order valence-electron chi connectivity index (χ1n) is 11.5. The van der Waals surface area contributed by atoms with Crippen LogP contribution in [0.1, 0.15) is 45.5 Å². The summed E-state index contributed by atoms with van der Waals surface area (Å²) in [5, 5.41) is 13.6. The van der Waals surface area contributed by atoms with Crippen LogP contribution in [-0.4, -0.2) is 47.7 Å². The molecule has 2 aliphatic heterocycles. The van der Waals surface area contributed by atoms with E-state index in [4.69, 9.17) is 16.9 Å². The normalized spacial score (nSPS) is 21.2. The zero-order chi connectivity index (χ0) is 29.6. The summed E-state index contributed by atoms with van der Waals surface area (Å²) in [6.07, 6.45) is -11.4. The zero-order valence-electron chi connectivity index (χ0n) is 20.4. The Morgan fingerprint density at radius 2 is 1.95 bits per heavy atom. The fraction of sp³-hybridized carbons (Fsp3) is 0.360. The number of likely N-dealkylation sites (tertiary alicyclic amines) is 1. The van der Waals surface area contributed by atoms with Gasteiger partial charge in [0.25, 0.3) is 11.5 Å². The van der Waals surface area contributed by atoms with Gasteiger partial charge in [0.2, 0.25) is 5.91 Å². The SMILES string of the molecule is Cc1cc(C2=NOC(c3cc(C(F)(F)F)cc(Cl)c3F)(C(F)(F)F)C2)ccc1C(=O)N[C@H]1CCN(CC#N)C1=O. The Labute approximate surface area is 227 Å². The topological polar surface area (TPSA) is 94.8 Å². The van der Waals surface area contributed by atoms with Crippen LogP contribution in [0.5, 0.6) is 0 Å². The van der Waals surface area contributed by atoms with Gasteiger partial charge in [-0.15, -0.1) is 0 Å². The second-order valence-electron chi connectivity index (χ2n) is 9.21. The minimum atomic E-state index is -5.41. The van der Waals surface area contributed by atoms with Gasteiger partial charge in [0.1, 0.15) is 18.4 Å². The van der Waals surface area contributed by atoms with Gasteiger partial charge in [0.05, 0.1) is 28.8 Å². The van der Waals surface area contributed by atoms with E-state index in [1.165, 1.54) is 30.0 Å². The van der Waals surface area contributed by atoms with Crippen molar-refractivity contribution in [3.63, 3.8) is 0 Å². The number of hydrogen-bond acceptors (Lipinski definition) is 5. The van der Waals surface area contributed by atoms with Crippen molar-refractivity contribution in [2.24, 2.45) is 5.16 Å². The van der Waals surface area contributed by atoms with Crippen molar-refractivity contribution in [2.45, 2.75) is 43.8 Å². The highest BCUT2D eigenvalue weighted by Crippen LogP contribution is 2.51. The molecule has 2 atom stereocenters. The smallest absolute Gasteiger partial charge is 0.374 e. The third-order valence-corrected chi connectivity index (χ3v) is 6.92. The second-order valence-corrected chi connectivity index (χ2v) is 9.62. The Balaban J connectivity index is 1.61. The van der Waals surface area contributed by atoms with E-state index in [-0.39, 0.29) is 54.0 Å². The molecule has 0 saturated carbocycles. The van der Waals surface area contributed by atoms with Crippen molar-refractivity contribution < 1.29 is 45.2 Å². The first-order chi connectivity index (χ1) is 18.6. The average Bonchev–Trinajstić information content (AvgIpc) is 3.46. The third-order valence-electron chi connectivity index (χ3n) is 6.65. The van der Waals surface area contributed by atoms with Crippen LogP contribution in [0.25, 0.3) is 0 Å². The average molecular weight is 591 g/mol. The molecule has 40 heavy (non-hydrogen) atoms. The maximum Gasteiger partial charge on any atom is 0.435 e. The van der Waals surface area contributed by atoms with Gasteiger partial charge in [0, 0.05) is 17.7 Å². The predicted octanol–water partition coefficient (Wildman–Crippen LogP) is 5.24. The van der Waals surface area contributed by atoms with Crippen LogP contribution in [0.2, 0.25) is 5.02 Å². The summed E-state index contributed by atoms with van der Waals surface area (Å²) in [6, 6.07) is 4.98. The van der Waals surface area contributed by atoms with Crippen LogP contribution in [0.15, 0.2) is 35.5 Å². The zero-order valence-corrected chi connectivity index (χ0v) is 21.1. The van der Waals surface area contributed by atoms with Crippen molar-refractivity contribution in [3.05, 3.63) is 69.0 Å². The lowest BCUT2D eigenvalue weighted by atomic mass is 9.85. The molecule has 1 fully saturated rings. The predicted molar refractivity (Wildman–Crippen MR) is 126 cm³/mol. The van der Waals surface area contributed by atoms with Crippen molar-refractivity contribution in [1.29, 1.82) is 5.26 Å². The summed E-state index contributed by atoms with van der Waals surface area (Å²) in [7, 11) is 0.